The van der Waals surface area contributed by atoms with Gasteiger partial charge in [0.05, 0.1) is 6.61 Å². The molecule has 0 unspecified atom stereocenters. The normalized spacial score (nSPS) is 25.0. The molecule has 1 aromatic rings. The molecule has 1 fully saturated rings. The molecule has 1 heterocycles. The summed E-state index contributed by atoms with van der Waals surface area (Å²) in [6, 6.07) is 5.08. The molecule has 0 radical (unpaired) electrons. The lowest BCUT2D eigenvalue weighted by Gasteiger charge is -2.31. The molecule has 1 saturated carbocycles. The summed E-state index contributed by atoms with van der Waals surface area (Å²) in [5.41, 5.74) is 2.66. The van der Waals surface area contributed by atoms with E-state index in [0.717, 1.165) is 37.2 Å². The second kappa shape index (κ2) is 6.70. The Hall–Kier alpha value is -0.540. The van der Waals surface area contributed by atoms with Crippen LogP contribution >= 0.6 is 15.9 Å². The Kier molecular flexibility index (Phi) is 4.90. The van der Waals surface area contributed by atoms with Crippen LogP contribution in [0.1, 0.15) is 50.7 Å². The molecular weight excluding hydrogens is 326 g/mol. The summed E-state index contributed by atoms with van der Waals surface area (Å²) in [6.45, 7) is 6.48. The number of fused-ring (bicyclic) bond motifs is 1. The third-order valence-electron chi connectivity index (χ3n) is 5.12. The standard InChI is InChI=1S/C18H26BrNO/c1-12(2)13-3-5-17(6-4-13)20-11-15-10-16(19)9-14-7-8-21-18(14)15/h9-10,12-13,17,20H,3-8,11H2,1-2H3. The molecule has 0 aromatic heterocycles. The Balaban J connectivity index is 1.57. The zero-order valence-electron chi connectivity index (χ0n) is 13.1. The van der Waals surface area contributed by atoms with Gasteiger partial charge in [-0.15, -0.1) is 0 Å². The van der Waals surface area contributed by atoms with Crippen LogP contribution in [0.15, 0.2) is 16.6 Å². The van der Waals surface area contributed by atoms with Gasteiger partial charge in [-0.3, -0.25) is 0 Å². The number of halogens is 1. The number of hydrogen-bond acceptors (Lipinski definition) is 2. The van der Waals surface area contributed by atoms with Crippen LogP contribution in [0.5, 0.6) is 5.75 Å². The molecule has 3 heteroatoms. The van der Waals surface area contributed by atoms with Crippen molar-refractivity contribution >= 4 is 15.9 Å². The zero-order chi connectivity index (χ0) is 14.8. The lowest BCUT2D eigenvalue weighted by molar-refractivity contribution is 0.237. The van der Waals surface area contributed by atoms with Crippen molar-refractivity contribution in [1.29, 1.82) is 0 Å². The van der Waals surface area contributed by atoms with Crippen molar-refractivity contribution in [2.75, 3.05) is 6.61 Å². The molecule has 3 rings (SSSR count). The van der Waals surface area contributed by atoms with Gasteiger partial charge in [0.15, 0.2) is 0 Å². The van der Waals surface area contributed by atoms with Gasteiger partial charge in [-0.2, -0.15) is 0 Å². The van der Waals surface area contributed by atoms with Crippen LogP contribution in [0.4, 0.5) is 0 Å². The van der Waals surface area contributed by atoms with Crippen LogP contribution in [0.3, 0.4) is 0 Å². The Bertz CT molecular complexity index is 492. The SMILES string of the molecule is CC(C)C1CCC(NCc2cc(Br)cc3c2OCC3)CC1. The first-order valence-corrected chi connectivity index (χ1v) is 9.10. The fraction of sp³-hybridized carbons (Fsp3) is 0.667. The van der Waals surface area contributed by atoms with Gasteiger partial charge in [0.25, 0.3) is 0 Å². The van der Waals surface area contributed by atoms with Crippen molar-refractivity contribution in [2.45, 2.75) is 58.5 Å². The van der Waals surface area contributed by atoms with Gasteiger partial charge in [-0.1, -0.05) is 29.8 Å². The first kappa shape index (κ1) is 15.4. The molecule has 1 aliphatic heterocycles. The second-order valence-corrected chi connectivity index (χ2v) is 7.80. The van der Waals surface area contributed by atoms with E-state index in [9.17, 15) is 0 Å². The lowest BCUT2D eigenvalue weighted by Crippen LogP contribution is -2.33. The van der Waals surface area contributed by atoms with Crippen molar-refractivity contribution in [1.82, 2.24) is 5.32 Å². The summed E-state index contributed by atoms with van der Waals surface area (Å²) in [5.74, 6) is 2.90. The summed E-state index contributed by atoms with van der Waals surface area (Å²) in [4.78, 5) is 0. The van der Waals surface area contributed by atoms with Crippen LogP contribution in [-0.2, 0) is 13.0 Å². The number of benzene rings is 1. The van der Waals surface area contributed by atoms with Gasteiger partial charge in [0, 0.05) is 29.0 Å². The van der Waals surface area contributed by atoms with Crippen LogP contribution < -0.4 is 10.1 Å². The van der Waals surface area contributed by atoms with Gasteiger partial charge < -0.3 is 10.1 Å². The number of hydrogen-bond donors (Lipinski definition) is 1. The average Bonchev–Trinajstić information content (AvgIpc) is 2.93. The molecule has 0 atom stereocenters. The summed E-state index contributed by atoms with van der Waals surface area (Å²) < 4.78 is 6.99. The molecule has 2 aliphatic rings. The highest BCUT2D eigenvalue weighted by Crippen LogP contribution is 2.34. The lowest BCUT2D eigenvalue weighted by atomic mass is 9.79. The summed E-state index contributed by atoms with van der Waals surface area (Å²) in [7, 11) is 0. The van der Waals surface area contributed by atoms with Crippen molar-refractivity contribution in [3.8, 4) is 5.75 Å². The molecule has 0 bridgehead atoms. The van der Waals surface area contributed by atoms with Crippen LogP contribution in [0, 0.1) is 11.8 Å². The van der Waals surface area contributed by atoms with E-state index in [1.54, 1.807) is 0 Å². The minimum Gasteiger partial charge on any atom is -0.493 e. The molecule has 0 saturated heterocycles. The topological polar surface area (TPSA) is 21.3 Å². The van der Waals surface area contributed by atoms with Crippen molar-refractivity contribution in [3.05, 3.63) is 27.7 Å². The van der Waals surface area contributed by atoms with Gasteiger partial charge in [0.1, 0.15) is 5.75 Å². The molecule has 116 valence electrons. The first-order chi connectivity index (χ1) is 10.1. The zero-order valence-corrected chi connectivity index (χ0v) is 14.7. The van der Waals surface area contributed by atoms with E-state index < -0.39 is 0 Å². The van der Waals surface area contributed by atoms with E-state index >= 15 is 0 Å². The van der Waals surface area contributed by atoms with Crippen molar-refractivity contribution in [2.24, 2.45) is 11.8 Å². The predicted octanol–water partition coefficient (Wildman–Crippen LogP) is 4.69. The number of rotatable bonds is 4. The maximum Gasteiger partial charge on any atom is 0.127 e. The highest BCUT2D eigenvalue weighted by atomic mass is 79.9. The Morgan fingerprint density at radius 1 is 1.24 bits per heavy atom. The third-order valence-corrected chi connectivity index (χ3v) is 5.58. The van der Waals surface area contributed by atoms with Crippen molar-refractivity contribution in [3.63, 3.8) is 0 Å². The molecule has 1 aromatic carbocycles. The average molecular weight is 352 g/mol. The highest BCUT2D eigenvalue weighted by molar-refractivity contribution is 9.10. The number of nitrogens with one attached hydrogen (secondary N) is 1. The maximum atomic E-state index is 5.81. The maximum absolute atomic E-state index is 5.81. The van der Waals surface area contributed by atoms with E-state index in [4.69, 9.17) is 4.74 Å². The van der Waals surface area contributed by atoms with Crippen LogP contribution in [-0.4, -0.2) is 12.6 Å². The predicted molar refractivity (Wildman–Crippen MR) is 90.8 cm³/mol. The highest BCUT2D eigenvalue weighted by Gasteiger charge is 2.23. The van der Waals surface area contributed by atoms with E-state index in [-0.39, 0.29) is 0 Å². The molecule has 2 nitrogen and oxygen atoms in total. The number of ether oxygens (including phenoxy) is 1. The summed E-state index contributed by atoms with van der Waals surface area (Å²) in [5, 5.41) is 3.75. The van der Waals surface area contributed by atoms with E-state index in [1.165, 1.54) is 41.3 Å². The fourth-order valence-corrected chi connectivity index (χ4v) is 4.27. The minimum absolute atomic E-state index is 0.677. The molecule has 0 amide bonds. The van der Waals surface area contributed by atoms with E-state index in [2.05, 4.69) is 47.2 Å². The van der Waals surface area contributed by atoms with Gasteiger partial charge >= 0.3 is 0 Å². The first-order valence-electron chi connectivity index (χ1n) is 8.31. The Morgan fingerprint density at radius 3 is 2.71 bits per heavy atom. The summed E-state index contributed by atoms with van der Waals surface area (Å²) >= 11 is 3.62. The molecule has 1 N–H and O–H groups in total. The summed E-state index contributed by atoms with van der Waals surface area (Å²) in [6.07, 6.45) is 6.44. The molecule has 0 spiro atoms. The van der Waals surface area contributed by atoms with Crippen LogP contribution in [0.2, 0.25) is 0 Å². The molecular formula is C18H26BrNO. The van der Waals surface area contributed by atoms with Crippen molar-refractivity contribution < 1.29 is 4.74 Å². The fourth-order valence-electron chi connectivity index (χ4n) is 3.72. The molecule has 1 aliphatic carbocycles. The van der Waals surface area contributed by atoms with Crippen LogP contribution in [0.25, 0.3) is 0 Å². The quantitative estimate of drug-likeness (QED) is 0.849. The smallest absolute Gasteiger partial charge is 0.127 e. The monoisotopic (exact) mass is 351 g/mol. The van der Waals surface area contributed by atoms with E-state index in [1.807, 2.05) is 0 Å². The van der Waals surface area contributed by atoms with Gasteiger partial charge in [0.2, 0.25) is 0 Å². The van der Waals surface area contributed by atoms with Gasteiger partial charge in [-0.25, -0.2) is 0 Å². The van der Waals surface area contributed by atoms with Gasteiger partial charge in [-0.05, 0) is 55.2 Å². The minimum atomic E-state index is 0.677. The molecule has 21 heavy (non-hydrogen) atoms. The Morgan fingerprint density at radius 2 is 2.00 bits per heavy atom. The largest absolute Gasteiger partial charge is 0.493 e. The second-order valence-electron chi connectivity index (χ2n) is 6.89. The third kappa shape index (κ3) is 3.62. The Labute approximate surface area is 136 Å². The van der Waals surface area contributed by atoms with E-state index in [0.29, 0.717) is 6.04 Å².